The number of nitriles is 1. The van der Waals surface area contributed by atoms with Gasteiger partial charge in [-0.05, 0) is 24.6 Å². The molecule has 0 bridgehead atoms. The van der Waals surface area contributed by atoms with Crippen molar-refractivity contribution in [3.8, 4) is 11.8 Å². The van der Waals surface area contributed by atoms with E-state index in [1.807, 2.05) is 19.1 Å². The van der Waals surface area contributed by atoms with E-state index < -0.39 is 11.8 Å². The molecule has 0 aliphatic carbocycles. The van der Waals surface area contributed by atoms with Gasteiger partial charge in [-0.15, -0.1) is 0 Å². The summed E-state index contributed by atoms with van der Waals surface area (Å²) in [5.41, 5.74) is 6.69. The van der Waals surface area contributed by atoms with Crippen LogP contribution in [-0.4, -0.2) is 18.0 Å². The van der Waals surface area contributed by atoms with Crippen molar-refractivity contribution in [1.82, 2.24) is 0 Å². The van der Waals surface area contributed by atoms with Gasteiger partial charge in [0.05, 0.1) is 13.2 Å². The summed E-state index contributed by atoms with van der Waals surface area (Å²) in [5, 5.41) is 11.6. The van der Waals surface area contributed by atoms with Crippen LogP contribution in [0.4, 0.5) is 5.69 Å². The molecular weight excluding hydrogens is 250 g/mol. The van der Waals surface area contributed by atoms with Crippen LogP contribution in [0.1, 0.15) is 5.56 Å². The monoisotopic (exact) mass is 263 g/mol. The molecule has 0 aliphatic rings. The summed E-state index contributed by atoms with van der Waals surface area (Å²) >= 11 is 4.98. The second-order valence-electron chi connectivity index (χ2n) is 3.69. The van der Waals surface area contributed by atoms with Crippen LogP contribution in [0.2, 0.25) is 0 Å². The maximum atomic E-state index is 11.0. The number of benzene rings is 1. The van der Waals surface area contributed by atoms with Crippen LogP contribution < -0.4 is 15.8 Å². The van der Waals surface area contributed by atoms with Crippen LogP contribution in [0.15, 0.2) is 18.2 Å². The summed E-state index contributed by atoms with van der Waals surface area (Å²) < 4.78 is 5.11. The van der Waals surface area contributed by atoms with Crippen molar-refractivity contribution in [3.63, 3.8) is 0 Å². The van der Waals surface area contributed by atoms with Crippen molar-refractivity contribution in [1.29, 1.82) is 5.26 Å². The molecule has 3 N–H and O–H groups in total. The van der Waals surface area contributed by atoms with E-state index in [0.29, 0.717) is 11.4 Å². The van der Waals surface area contributed by atoms with Gasteiger partial charge in [-0.1, -0.05) is 12.2 Å². The molecule has 0 aromatic heterocycles. The number of hydrogen-bond donors (Lipinski definition) is 2. The molecule has 1 aromatic rings. The Kier molecular flexibility index (Phi) is 4.63. The minimum Gasteiger partial charge on any atom is -0.497 e. The molecule has 18 heavy (non-hydrogen) atoms. The normalized spacial score (nSPS) is 11.2. The van der Waals surface area contributed by atoms with Crippen molar-refractivity contribution in [2.75, 3.05) is 12.4 Å². The first-order valence-electron chi connectivity index (χ1n) is 5.13. The first kappa shape index (κ1) is 13.9. The highest BCUT2D eigenvalue weighted by atomic mass is 32.1. The Balaban J connectivity index is 2.91. The third kappa shape index (κ3) is 3.43. The lowest BCUT2D eigenvalue weighted by molar-refractivity contribution is -0.118. The Hall–Kier alpha value is -2.13. The van der Waals surface area contributed by atoms with Crippen molar-refractivity contribution >= 4 is 28.8 Å². The molecule has 0 spiro atoms. The largest absolute Gasteiger partial charge is 0.497 e. The minimum absolute atomic E-state index is 0.0812. The Morgan fingerprint density at radius 3 is 2.72 bits per heavy atom. The van der Waals surface area contributed by atoms with Gasteiger partial charge >= 0.3 is 0 Å². The van der Waals surface area contributed by atoms with E-state index in [0.717, 1.165) is 5.56 Å². The van der Waals surface area contributed by atoms with Gasteiger partial charge in [-0.3, -0.25) is 4.79 Å². The number of primary amides is 1. The lowest BCUT2D eigenvalue weighted by Crippen LogP contribution is -2.32. The molecular formula is C12H13N3O2S. The number of anilines is 1. The highest BCUT2D eigenvalue weighted by molar-refractivity contribution is 7.80. The zero-order valence-electron chi connectivity index (χ0n) is 10.1. The van der Waals surface area contributed by atoms with Crippen molar-refractivity contribution in [2.45, 2.75) is 6.92 Å². The zero-order valence-corrected chi connectivity index (χ0v) is 10.9. The molecule has 0 saturated carbocycles. The fourth-order valence-corrected chi connectivity index (χ4v) is 1.69. The van der Waals surface area contributed by atoms with E-state index in [-0.39, 0.29) is 4.99 Å². The van der Waals surface area contributed by atoms with Crippen LogP contribution in [0.25, 0.3) is 0 Å². The molecule has 0 saturated heterocycles. The van der Waals surface area contributed by atoms with Gasteiger partial charge in [0.15, 0.2) is 5.92 Å². The van der Waals surface area contributed by atoms with E-state index in [9.17, 15) is 4.79 Å². The second kappa shape index (κ2) is 5.98. The topological polar surface area (TPSA) is 88.1 Å². The molecule has 6 heteroatoms. The molecule has 1 atom stereocenters. The van der Waals surface area contributed by atoms with Gasteiger partial charge in [0, 0.05) is 11.8 Å². The number of carbonyl (C=O) groups is 1. The third-order valence-corrected chi connectivity index (χ3v) is 2.57. The number of carbonyl (C=O) groups excluding carboxylic acids is 1. The number of thiocarbonyl (C=S) groups is 1. The Morgan fingerprint density at radius 2 is 2.22 bits per heavy atom. The Bertz CT molecular complexity index is 523. The average molecular weight is 263 g/mol. The quantitative estimate of drug-likeness (QED) is 0.801. The van der Waals surface area contributed by atoms with Gasteiger partial charge in [0.25, 0.3) is 0 Å². The van der Waals surface area contributed by atoms with E-state index in [2.05, 4.69) is 5.32 Å². The fourth-order valence-electron chi connectivity index (χ4n) is 1.40. The molecule has 1 aromatic carbocycles. The van der Waals surface area contributed by atoms with E-state index in [1.54, 1.807) is 19.2 Å². The van der Waals surface area contributed by atoms with Crippen LogP contribution in [0, 0.1) is 24.2 Å². The lowest BCUT2D eigenvalue weighted by atomic mass is 10.1. The number of aryl methyl sites for hydroxylation is 1. The highest BCUT2D eigenvalue weighted by Gasteiger charge is 2.20. The van der Waals surface area contributed by atoms with Crippen LogP contribution in [0.5, 0.6) is 5.75 Å². The number of amides is 1. The number of hydrogen-bond acceptors (Lipinski definition) is 4. The van der Waals surface area contributed by atoms with E-state index >= 15 is 0 Å². The number of rotatable bonds is 4. The number of methoxy groups -OCH3 is 1. The minimum atomic E-state index is -1.13. The number of ether oxygens (including phenoxy) is 1. The maximum Gasteiger partial charge on any atom is 0.241 e. The van der Waals surface area contributed by atoms with Crippen molar-refractivity contribution in [3.05, 3.63) is 23.8 Å². The molecule has 5 nitrogen and oxygen atoms in total. The predicted molar refractivity (Wildman–Crippen MR) is 72.2 cm³/mol. The lowest BCUT2D eigenvalue weighted by Gasteiger charge is -2.12. The molecule has 1 rings (SSSR count). The van der Waals surface area contributed by atoms with Gasteiger partial charge in [0.1, 0.15) is 10.7 Å². The van der Waals surface area contributed by atoms with Gasteiger partial charge in [-0.2, -0.15) is 5.26 Å². The molecule has 1 amide bonds. The number of nitrogens with two attached hydrogens (primary N) is 1. The van der Waals surface area contributed by atoms with Crippen molar-refractivity contribution in [2.24, 2.45) is 11.7 Å². The second-order valence-corrected chi connectivity index (χ2v) is 4.13. The molecule has 94 valence electrons. The van der Waals surface area contributed by atoms with E-state index in [4.69, 9.17) is 28.0 Å². The standard InChI is InChI=1S/C12H13N3O2S/c1-7-3-8(5-9(4-7)17-2)15-12(18)10(6-13)11(14)16/h3-5,10H,1-2H3,(H2,14,16)(H,15,18). The first-order chi connectivity index (χ1) is 8.47. The summed E-state index contributed by atoms with van der Waals surface area (Å²) in [6, 6.07) is 7.15. The van der Waals surface area contributed by atoms with Gasteiger partial charge in [0.2, 0.25) is 5.91 Å². The van der Waals surface area contributed by atoms with Crippen LogP contribution in [-0.2, 0) is 4.79 Å². The average Bonchev–Trinajstić information content (AvgIpc) is 2.28. The smallest absolute Gasteiger partial charge is 0.241 e. The summed E-state index contributed by atoms with van der Waals surface area (Å²) in [7, 11) is 1.55. The number of nitrogens with zero attached hydrogens (tertiary/aromatic N) is 1. The zero-order chi connectivity index (χ0) is 13.7. The molecule has 0 radical (unpaired) electrons. The highest BCUT2D eigenvalue weighted by Crippen LogP contribution is 2.21. The van der Waals surface area contributed by atoms with Crippen molar-refractivity contribution < 1.29 is 9.53 Å². The van der Waals surface area contributed by atoms with Gasteiger partial charge in [-0.25, -0.2) is 0 Å². The summed E-state index contributed by atoms with van der Waals surface area (Å²) in [4.78, 5) is 11.1. The fraction of sp³-hybridized carbons (Fsp3) is 0.250. The molecule has 1 unspecified atom stereocenters. The summed E-state index contributed by atoms with van der Waals surface area (Å²) in [6.45, 7) is 1.90. The number of nitrogens with one attached hydrogen (secondary N) is 1. The van der Waals surface area contributed by atoms with Crippen LogP contribution >= 0.6 is 12.2 Å². The van der Waals surface area contributed by atoms with Crippen LogP contribution in [0.3, 0.4) is 0 Å². The molecule has 0 fully saturated rings. The van der Waals surface area contributed by atoms with E-state index in [1.165, 1.54) is 0 Å². The Labute approximate surface area is 111 Å². The summed E-state index contributed by atoms with van der Waals surface area (Å²) in [5.74, 6) is -1.24. The Morgan fingerprint density at radius 1 is 1.56 bits per heavy atom. The first-order valence-corrected chi connectivity index (χ1v) is 5.54. The maximum absolute atomic E-state index is 11.0. The third-order valence-electron chi connectivity index (χ3n) is 2.23. The van der Waals surface area contributed by atoms with Gasteiger partial charge < -0.3 is 15.8 Å². The molecule has 0 heterocycles. The molecule has 0 aliphatic heterocycles. The SMILES string of the molecule is COc1cc(C)cc(NC(=S)C(C#N)C(N)=O)c1. The summed E-state index contributed by atoms with van der Waals surface area (Å²) in [6.07, 6.45) is 0. The predicted octanol–water partition coefficient (Wildman–Crippen LogP) is 1.37.